The molecule has 0 unspecified atom stereocenters. The van der Waals surface area contributed by atoms with Gasteiger partial charge in [-0.1, -0.05) is 0 Å². The summed E-state index contributed by atoms with van der Waals surface area (Å²) in [5.74, 6) is -1.66. The van der Waals surface area contributed by atoms with E-state index in [0.717, 1.165) is 0 Å². The maximum Gasteiger partial charge on any atom is 0.417 e. The van der Waals surface area contributed by atoms with Crippen LogP contribution in [0.3, 0.4) is 0 Å². The third kappa shape index (κ3) is 2.60. The second kappa shape index (κ2) is 3.83. The minimum atomic E-state index is -5.08. The van der Waals surface area contributed by atoms with Crippen molar-refractivity contribution in [2.45, 2.75) is 17.2 Å². The standard InChI is InChI=1S/C8H3F7S/c9-5-2-3(7(10,11)12)1-4(6(5)16)8(13,14)15/h1-2,16H. The Morgan fingerprint density at radius 2 is 1.38 bits per heavy atom. The first-order valence-electron chi connectivity index (χ1n) is 3.70. The first-order valence-corrected chi connectivity index (χ1v) is 4.15. The summed E-state index contributed by atoms with van der Waals surface area (Å²) in [5.41, 5.74) is -3.45. The van der Waals surface area contributed by atoms with E-state index >= 15 is 0 Å². The van der Waals surface area contributed by atoms with Gasteiger partial charge in [-0.2, -0.15) is 26.3 Å². The van der Waals surface area contributed by atoms with Crippen molar-refractivity contribution in [3.63, 3.8) is 0 Å². The molecule has 0 N–H and O–H groups in total. The molecule has 0 aliphatic heterocycles. The quantitative estimate of drug-likeness (QED) is 0.528. The van der Waals surface area contributed by atoms with E-state index in [2.05, 4.69) is 12.6 Å². The van der Waals surface area contributed by atoms with Crippen LogP contribution in [-0.2, 0) is 12.4 Å². The van der Waals surface area contributed by atoms with Crippen LogP contribution in [0.1, 0.15) is 11.1 Å². The molecule has 8 heteroatoms. The molecule has 1 aromatic rings. The van der Waals surface area contributed by atoms with Gasteiger partial charge in [-0.05, 0) is 12.1 Å². The maximum atomic E-state index is 12.8. The molecule has 0 aliphatic rings. The Hall–Kier alpha value is -0.920. The van der Waals surface area contributed by atoms with Gasteiger partial charge in [-0.15, -0.1) is 12.6 Å². The molecule has 0 heterocycles. The van der Waals surface area contributed by atoms with E-state index in [4.69, 9.17) is 0 Å². The van der Waals surface area contributed by atoms with Gasteiger partial charge in [0, 0.05) is 0 Å². The van der Waals surface area contributed by atoms with Gasteiger partial charge in [-0.25, -0.2) is 4.39 Å². The number of rotatable bonds is 0. The second-order valence-electron chi connectivity index (χ2n) is 2.85. The number of thiol groups is 1. The Morgan fingerprint density at radius 1 is 0.875 bits per heavy atom. The van der Waals surface area contributed by atoms with Crippen molar-refractivity contribution in [1.82, 2.24) is 0 Å². The van der Waals surface area contributed by atoms with Gasteiger partial charge in [0.15, 0.2) is 0 Å². The van der Waals surface area contributed by atoms with Crippen molar-refractivity contribution in [2.75, 3.05) is 0 Å². The van der Waals surface area contributed by atoms with Gasteiger partial charge in [0.25, 0.3) is 0 Å². The molecular weight excluding hydrogens is 261 g/mol. The van der Waals surface area contributed by atoms with E-state index in [0.29, 0.717) is 0 Å². The number of hydrogen-bond donors (Lipinski definition) is 1. The van der Waals surface area contributed by atoms with Gasteiger partial charge >= 0.3 is 12.4 Å². The second-order valence-corrected chi connectivity index (χ2v) is 3.30. The van der Waals surface area contributed by atoms with Crippen LogP contribution in [0, 0.1) is 5.82 Å². The summed E-state index contributed by atoms with van der Waals surface area (Å²) in [7, 11) is 0. The molecule has 0 amide bonds. The van der Waals surface area contributed by atoms with Crippen LogP contribution in [0.25, 0.3) is 0 Å². The fourth-order valence-electron chi connectivity index (χ4n) is 0.979. The lowest BCUT2D eigenvalue weighted by atomic mass is 10.1. The van der Waals surface area contributed by atoms with Crippen LogP contribution in [-0.4, -0.2) is 0 Å². The topological polar surface area (TPSA) is 0 Å². The Labute approximate surface area is 90.5 Å². The molecule has 16 heavy (non-hydrogen) atoms. The third-order valence-corrected chi connectivity index (χ3v) is 2.15. The SMILES string of the molecule is Fc1cc(C(F)(F)F)cc(C(F)(F)F)c1S. The van der Waals surface area contributed by atoms with Crippen molar-refractivity contribution < 1.29 is 30.7 Å². The van der Waals surface area contributed by atoms with Crippen LogP contribution in [0.5, 0.6) is 0 Å². The zero-order valence-electron chi connectivity index (χ0n) is 7.25. The molecule has 90 valence electrons. The first-order chi connectivity index (χ1) is 7.03. The van der Waals surface area contributed by atoms with Gasteiger partial charge in [-0.3, -0.25) is 0 Å². The summed E-state index contributed by atoms with van der Waals surface area (Å²) < 4.78 is 85.8. The molecule has 1 rings (SSSR count). The summed E-state index contributed by atoms with van der Waals surface area (Å²) in [6.45, 7) is 0. The minimum absolute atomic E-state index is 0.0302. The summed E-state index contributed by atoms with van der Waals surface area (Å²) in [5, 5.41) is 0. The van der Waals surface area contributed by atoms with Gasteiger partial charge in [0.2, 0.25) is 0 Å². The lowest BCUT2D eigenvalue weighted by molar-refractivity contribution is -0.145. The average molecular weight is 264 g/mol. The molecule has 0 saturated heterocycles. The fourth-order valence-corrected chi connectivity index (χ4v) is 1.23. The van der Waals surface area contributed by atoms with Crippen LogP contribution in [0.4, 0.5) is 30.7 Å². The summed E-state index contributed by atoms with van der Waals surface area (Å²) in [4.78, 5) is -1.15. The van der Waals surface area contributed by atoms with E-state index in [1.54, 1.807) is 0 Å². The van der Waals surface area contributed by atoms with Gasteiger partial charge < -0.3 is 0 Å². The predicted molar refractivity (Wildman–Crippen MR) is 43.7 cm³/mol. The molecule has 0 nitrogen and oxygen atoms in total. The van der Waals surface area contributed by atoms with E-state index < -0.39 is 34.2 Å². The Morgan fingerprint density at radius 3 is 1.75 bits per heavy atom. The lowest BCUT2D eigenvalue weighted by Crippen LogP contribution is -2.12. The molecule has 0 fully saturated rings. The molecule has 0 radical (unpaired) electrons. The zero-order chi connectivity index (χ0) is 12.7. The molecule has 0 aliphatic carbocycles. The van der Waals surface area contributed by atoms with Gasteiger partial charge in [0.1, 0.15) is 5.82 Å². The maximum absolute atomic E-state index is 12.8. The van der Waals surface area contributed by atoms with Crippen molar-refractivity contribution in [3.8, 4) is 0 Å². The van der Waals surface area contributed by atoms with E-state index in [1.165, 1.54) is 0 Å². The fraction of sp³-hybridized carbons (Fsp3) is 0.250. The van der Waals surface area contributed by atoms with E-state index in [-0.39, 0.29) is 12.1 Å². The van der Waals surface area contributed by atoms with Crippen LogP contribution in [0.2, 0.25) is 0 Å². The van der Waals surface area contributed by atoms with Crippen molar-refractivity contribution in [3.05, 3.63) is 29.1 Å². The van der Waals surface area contributed by atoms with Crippen LogP contribution in [0.15, 0.2) is 17.0 Å². The van der Waals surface area contributed by atoms with E-state index in [9.17, 15) is 30.7 Å². The molecule has 0 aromatic heterocycles. The molecule has 0 spiro atoms. The monoisotopic (exact) mass is 264 g/mol. The Balaban J connectivity index is 3.46. The number of hydrogen-bond acceptors (Lipinski definition) is 1. The highest BCUT2D eigenvalue weighted by atomic mass is 32.1. The minimum Gasteiger partial charge on any atom is -0.206 e. The van der Waals surface area contributed by atoms with Crippen molar-refractivity contribution in [1.29, 1.82) is 0 Å². The Kier molecular flexibility index (Phi) is 3.15. The largest absolute Gasteiger partial charge is 0.417 e. The lowest BCUT2D eigenvalue weighted by Gasteiger charge is -2.14. The number of benzene rings is 1. The molecule has 0 bridgehead atoms. The average Bonchev–Trinajstić information content (AvgIpc) is 2.05. The summed E-state index contributed by atoms with van der Waals surface area (Å²) >= 11 is 3.19. The summed E-state index contributed by atoms with van der Waals surface area (Å²) in [6, 6.07) is -0.205. The van der Waals surface area contributed by atoms with Crippen molar-refractivity contribution in [2.24, 2.45) is 0 Å². The third-order valence-electron chi connectivity index (χ3n) is 1.70. The van der Waals surface area contributed by atoms with Gasteiger partial charge in [0.05, 0.1) is 16.0 Å². The smallest absolute Gasteiger partial charge is 0.206 e. The molecule has 0 saturated carbocycles. The van der Waals surface area contributed by atoms with Crippen molar-refractivity contribution >= 4 is 12.6 Å². The Bertz CT molecular complexity index is 404. The van der Waals surface area contributed by atoms with E-state index in [1.807, 2.05) is 0 Å². The summed E-state index contributed by atoms with van der Waals surface area (Å²) in [6.07, 6.45) is -10.1. The first kappa shape index (κ1) is 13.1. The van der Waals surface area contributed by atoms with Crippen LogP contribution >= 0.6 is 12.6 Å². The highest BCUT2D eigenvalue weighted by molar-refractivity contribution is 7.80. The highest BCUT2D eigenvalue weighted by Crippen LogP contribution is 2.39. The molecule has 1 aromatic carbocycles. The number of halogens is 7. The van der Waals surface area contributed by atoms with Crippen LogP contribution < -0.4 is 0 Å². The zero-order valence-corrected chi connectivity index (χ0v) is 8.14. The molecular formula is C8H3F7S. The predicted octanol–water partition coefficient (Wildman–Crippen LogP) is 4.15. The normalized spacial score (nSPS) is 13.0. The molecule has 0 atom stereocenters. The number of alkyl halides is 6. The highest BCUT2D eigenvalue weighted by Gasteiger charge is 2.39.